The minimum Gasteiger partial charge on any atom is -0.303 e. The van der Waals surface area contributed by atoms with E-state index in [0.717, 1.165) is 12.4 Å². The van der Waals surface area contributed by atoms with Crippen LogP contribution in [0.2, 0.25) is 0 Å². The Kier molecular flexibility index (Phi) is 4.29. The predicted octanol–water partition coefficient (Wildman–Crippen LogP) is 1.57. The molecule has 0 aliphatic heterocycles. The summed E-state index contributed by atoms with van der Waals surface area (Å²) in [6, 6.07) is 0.515. The highest BCUT2D eigenvalue weighted by Crippen LogP contribution is 1.95. The topological polar surface area (TPSA) is 3.24 Å². The summed E-state index contributed by atoms with van der Waals surface area (Å²) >= 11 is 5.58. The lowest BCUT2D eigenvalue weighted by Gasteiger charge is -2.19. The predicted molar refractivity (Wildman–Crippen MR) is 38.5 cm³/mol. The van der Waals surface area contributed by atoms with E-state index in [1.807, 2.05) is 0 Å². The van der Waals surface area contributed by atoms with Crippen molar-refractivity contribution in [3.05, 3.63) is 0 Å². The fourth-order valence-electron chi connectivity index (χ4n) is 0.429. The van der Waals surface area contributed by atoms with Crippen molar-refractivity contribution < 1.29 is 0 Å². The third kappa shape index (κ3) is 2.53. The molecule has 0 saturated heterocycles. The molecule has 1 nitrogen and oxygen atoms in total. The van der Waals surface area contributed by atoms with Crippen LogP contribution in [-0.2, 0) is 0 Å². The second kappa shape index (κ2) is 4.16. The van der Waals surface area contributed by atoms with Gasteiger partial charge in [0.25, 0.3) is 0 Å². The van der Waals surface area contributed by atoms with Crippen molar-refractivity contribution in [2.45, 2.75) is 19.9 Å². The van der Waals surface area contributed by atoms with Crippen LogP contribution >= 0.6 is 11.6 Å². The Hall–Kier alpha value is 0.250. The first-order chi connectivity index (χ1) is 3.72. The lowest BCUT2D eigenvalue weighted by Crippen LogP contribution is -2.29. The lowest BCUT2D eigenvalue weighted by molar-refractivity contribution is 0.292. The van der Waals surface area contributed by atoms with Gasteiger partial charge in [0, 0.05) is 11.9 Å². The zero-order chi connectivity index (χ0) is 6.57. The molecule has 0 rings (SSSR count). The van der Waals surface area contributed by atoms with Crippen molar-refractivity contribution in [2.75, 3.05) is 19.5 Å². The van der Waals surface area contributed by atoms with Crippen molar-refractivity contribution in [3.63, 3.8) is 0 Å². The van der Waals surface area contributed by atoms with E-state index in [0.29, 0.717) is 6.04 Å². The fraction of sp³-hybridized carbons (Fsp3) is 1.00. The van der Waals surface area contributed by atoms with Crippen molar-refractivity contribution in [3.8, 4) is 0 Å². The monoisotopic (exact) mass is 135 g/mol. The minimum atomic E-state index is 0.515. The number of alkyl halides is 1. The molecule has 0 N–H and O–H groups in total. The van der Waals surface area contributed by atoms with Crippen LogP contribution < -0.4 is 0 Å². The maximum atomic E-state index is 5.58. The molecule has 2 heteroatoms. The highest BCUT2D eigenvalue weighted by molar-refractivity contribution is 6.18. The summed E-state index contributed by atoms with van der Waals surface area (Å²) in [7, 11) is 2.08. The first-order valence-electron chi connectivity index (χ1n) is 2.98. The summed E-state index contributed by atoms with van der Waals surface area (Å²) in [5.74, 6) is 0.727. The van der Waals surface area contributed by atoms with Crippen molar-refractivity contribution >= 4 is 11.6 Å². The maximum absolute atomic E-state index is 5.58. The molecule has 0 bridgehead atoms. The van der Waals surface area contributed by atoms with Gasteiger partial charge in [-0.15, -0.1) is 11.6 Å². The van der Waals surface area contributed by atoms with Gasteiger partial charge in [-0.05, 0) is 20.5 Å². The highest BCUT2D eigenvalue weighted by Gasteiger charge is 2.02. The molecule has 0 fully saturated rings. The molecule has 0 aliphatic carbocycles. The Morgan fingerprint density at radius 3 is 2.25 bits per heavy atom. The minimum absolute atomic E-state index is 0.515. The van der Waals surface area contributed by atoms with Gasteiger partial charge in [-0.3, -0.25) is 0 Å². The normalized spacial score (nSPS) is 14.6. The molecule has 1 atom stereocenters. The second-order valence-electron chi connectivity index (χ2n) is 2.08. The molecule has 0 saturated carbocycles. The van der Waals surface area contributed by atoms with Crippen LogP contribution in [0.4, 0.5) is 0 Å². The average Bonchev–Trinajstić information content (AvgIpc) is 1.84. The van der Waals surface area contributed by atoms with Gasteiger partial charge in [0.1, 0.15) is 0 Å². The van der Waals surface area contributed by atoms with Gasteiger partial charge < -0.3 is 4.90 Å². The maximum Gasteiger partial charge on any atom is 0.0376 e. The van der Waals surface area contributed by atoms with E-state index in [-0.39, 0.29) is 0 Å². The van der Waals surface area contributed by atoms with E-state index in [1.54, 1.807) is 0 Å². The SMILES string of the molecule is CCN(C)C(C)CCl. The van der Waals surface area contributed by atoms with E-state index < -0.39 is 0 Å². The van der Waals surface area contributed by atoms with Crippen LogP contribution in [0.25, 0.3) is 0 Å². The molecule has 0 heterocycles. The first kappa shape index (κ1) is 8.25. The Morgan fingerprint density at radius 2 is 2.12 bits per heavy atom. The van der Waals surface area contributed by atoms with E-state index in [4.69, 9.17) is 11.6 Å². The molecule has 0 aromatic carbocycles. The summed E-state index contributed by atoms with van der Waals surface area (Å²) in [4.78, 5) is 2.22. The van der Waals surface area contributed by atoms with Crippen LogP contribution in [0.3, 0.4) is 0 Å². The van der Waals surface area contributed by atoms with Crippen molar-refractivity contribution in [1.29, 1.82) is 0 Å². The number of hydrogen-bond acceptors (Lipinski definition) is 1. The molecule has 50 valence electrons. The molecule has 0 aromatic heterocycles. The second-order valence-corrected chi connectivity index (χ2v) is 2.39. The largest absolute Gasteiger partial charge is 0.303 e. The number of halogens is 1. The third-order valence-corrected chi connectivity index (χ3v) is 1.92. The van der Waals surface area contributed by atoms with Gasteiger partial charge in [0.15, 0.2) is 0 Å². The van der Waals surface area contributed by atoms with E-state index in [9.17, 15) is 0 Å². The zero-order valence-corrected chi connectivity index (χ0v) is 6.57. The van der Waals surface area contributed by atoms with Crippen molar-refractivity contribution in [2.24, 2.45) is 0 Å². The molecule has 8 heavy (non-hydrogen) atoms. The van der Waals surface area contributed by atoms with Crippen LogP contribution in [-0.4, -0.2) is 30.4 Å². The molecule has 0 amide bonds. The fourth-order valence-corrected chi connectivity index (χ4v) is 0.665. The summed E-state index contributed by atoms with van der Waals surface area (Å²) in [5, 5.41) is 0. The standard InChI is InChI=1S/C6H14ClN/c1-4-8(3)6(2)5-7/h6H,4-5H2,1-3H3. The molecular weight excluding hydrogens is 122 g/mol. The third-order valence-electron chi connectivity index (χ3n) is 1.47. The number of nitrogens with zero attached hydrogens (tertiary/aromatic N) is 1. The Labute approximate surface area is 56.6 Å². The molecule has 0 radical (unpaired) electrons. The van der Waals surface area contributed by atoms with Crippen LogP contribution in [0.1, 0.15) is 13.8 Å². The van der Waals surface area contributed by atoms with Gasteiger partial charge in [0.2, 0.25) is 0 Å². The van der Waals surface area contributed by atoms with Crippen LogP contribution in [0.15, 0.2) is 0 Å². The molecular formula is C6H14ClN. The number of rotatable bonds is 3. The number of hydrogen-bond donors (Lipinski definition) is 0. The zero-order valence-electron chi connectivity index (χ0n) is 5.82. The van der Waals surface area contributed by atoms with Gasteiger partial charge in [-0.2, -0.15) is 0 Å². The summed E-state index contributed by atoms with van der Waals surface area (Å²) in [6.45, 7) is 5.33. The van der Waals surface area contributed by atoms with Crippen LogP contribution in [0.5, 0.6) is 0 Å². The molecule has 0 spiro atoms. The Balaban J connectivity index is 3.29. The molecule has 0 aromatic rings. The van der Waals surface area contributed by atoms with Gasteiger partial charge in [0.05, 0.1) is 0 Å². The van der Waals surface area contributed by atoms with E-state index in [2.05, 4.69) is 25.8 Å². The smallest absolute Gasteiger partial charge is 0.0376 e. The summed E-state index contributed by atoms with van der Waals surface area (Å²) in [5.41, 5.74) is 0. The highest BCUT2D eigenvalue weighted by atomic mass is 35.5. The Morgan fingerprint density at radius 1 is 1.62 bits per heavy atom. The van der Waals surface area contributed by atoms with Gasteiger partial charge in [-0.25, -0.2) is 0 Å². The average molecular weight is 136 g/mol. The molecule has 0 aliphatic rings. The van der Waals surface area contributed by atoms with Gasteiger partial charge in [-0.1, -0.05) is 6.92 Å². The van der Waals surface area contributed by atoms with E-state index >= 15 is 0 Å². The quantitative estimate of drug-likeness (QED) is 0.531. The van der Waals surface area contributed by atoms with Crippen LogP contribution in [0, 0.1) is 0 Å². The molecule has 1 unspecified atom stereocenters. The van der Waals surface area contributed by atoms with E-state index in [1.165, 1.54) is 0 Å². The first-order valence-corrected chi connectivity index (χ1v) is 3.52. The Bertz CT molecular complexity index is 48.5. The van der Waals surface area contributed by atoms with Gasteiger partial charge >= 0.3 is 0 Å². The summed E-state index contributed by atoms with van der Waals surface area (Å²) in [6.07, 6.45) is 0. The lowest BCUT2D eigenvalue weighted by atomic mass is 10.3. The van der Waals surface area contributed by atoms with Crippen molar-refractivity contribution in [1.82, 2.24) is 4.90 Å². The summed E-state index contributed by atoms with van der Waals surface area (Å²) < 4.78 is 0.